The number of aromatic amines is 2. The highest BCUT2D eigenvalue weighted by Gasteiger charge is 2.25. The number of nitrogens with zero attached hydrogens (tertiary/aromatic N) is 1. The van der Waals surface area contributed by atoms with E-state index in [-0.39, 0.29) is 11.8 Å². The lowest BCUT2D eigenvalue weighted by atomic mass is 10.2. The van der Waals surface area contributed by atoms with Gasteiger partial charge in [0.1, 0.15) is 11.4 Å². The maximum Gasteiger partial charge on any atom is 0.274 e. The molecule has 4 aromatic rings. The van der Waals surface area contributed by atoms with Gasteiger partial charge in [-0.3, -0.25) is 9.59 Å². The van der Waals surface area contributed by atoms with Crippen LogP contribution in [0.3, 0.4) is 0 Å². The van der Waals surface area contributed by atoms with Crippen molar-refractivity contribution >= 4 is 56.6 Å². The SMILES string of the molecule is C=CC1=C(C)CCN1C(=O)c1cc2cc(NC(=O)c3cc4cc(N)ccc4[nH]3)ccc2[nH]1.CCl. The molecule has 0 atom stereocenters. The van der Waals surface area contributed by atoms with Gasteiger partial charge in [0.15, 0.2) is 0 Å². The first-order valence-corrected chi connectivity index (χ1v) is 11.5. The lowest BCUT2D eigenvalue weighted by molar-refractivity contribution is 0.0818. The zero-order chi connectivity index (χ0) is 24.4. The number of carbonyl (C=O) groups is 2. The standard InChI is InChI=1S/C25H23N5O2.CH3Cl/c1-3-23-14(2)8-9-30(23)25(32)22-13-16-11-18(5-7-20(16)29-22)27-24(31)21-12-15-10-17(26)4-6-19(15)28-21;1-2/h3-7,10-13,28-29H,1,8-9,26H2,2H3,(H,27,31);1H3. The van der Waals surface area contributed by atoms with E-state index in [2.05, 4.69) is 33.5 Å². The van der Waals surface area contributed by atoms with E-state index in [9.17, 15) is 9.59 Å². The Bertz CT molecular complexity index is 1450. The average Bonchev–Trinajstić information content (AvgIpc) is 3.55. The quantitative estimate of drug-likeness (QED) is 0.226. The lowest BCUT2D eigenvalue weighted by Gasteiger charge is -2.17. The number of nitrogen functional groups attached to an aromatic ring is 1. The Labute approximate surface area is 202 Å². The minimum absolute atomic E-state index is 0.0871. The number of H-pyrrole nitrogens is 2. The number of rotatable bonds is 4. The Balaban J connectivity index is 0.00000133. The first-order valence-electron chi connectivity index (χ1n) is 10.8. The Morgan fingerprint density at radius 2 is 1.68 bits per heavy atom. The fourth-order valence-corrected chi connectivity index (χ4v) is 4.20. The molecular formula is C26H26ClN5O2. The molecule has 0 bridgehead atoms. The summed E-state index contributed by atoms with van der Waals surface area (Å²) in [6.07, 6.45) is 4.05. The van der Waals surface area contributed by atoms with Crippen molar-refractivity contribution in [2.45, 2.75) is 13.3 Å². The molecule has 8 heteroatoms. The summed E-state index contributed by atoms with van der Waals surface area (Å²) in [5, 5.41) is 4.63. The monoisotopic (exact) mass is 475 g/mol. The van der Waals surface area contributed by atoms with Gasteiger partial charge in [-0.1, -0.05) is 6.58 Å². The van der Waals surface area contributed by atoms with Gasteiger partial charge in [0, 0.05) is 51.8 Å². The van der Waals surface area contributed by atoms with E-state index in [4.69, 9.17) is 5.73 Å². The molecule has 3 heterocycles. The second-order valence-electron chi connectivity index (χ2n) is 8.05. The van der Waals surface area contributed by atoms with Crippen LogP contribution in [0.5, 0.6) is 0 Å². The van der Waals surface area contributed by atoms with E-state index in [0.717, 1.165) is 39.5 Å². The molecule has 0 saturated heterocycles. The van der Waals surface area contributed by atoms with E-state index in [0.29, 0.717) is 29.3 Å². The van der Waals surface area contributed by atoms with Crippen molar-refractivity contribution in [3.05, 3.63) is 83.8 Å². The second kappa shape index (κ2) is 9.49. The van der Waals surface area contributed by atoms with Crippen molar-refractivity contribution in [3.8, 4) is 0 Å². The van der Waals surface area contributed by atoms with Gasteiger partial charge in [-0.2, -0.15) is 0 Å². The summed E-state index contributed by atoms with van der Waals surface area (Å²) in [7, 11) is 0. The van der Waals surface area contributed by atoms with Gasteiger partial charge in [0.05, 0.1) is 0 Å². The number of nitrogens with two attached hydrogens (primary N) is 1. The fraction of sp³-hybridized carbons (Fsp3) is 0.154. The summed E-state index contributed by atoms with van der Waals surface area (Å²) in [5.41, 5.74) is 11.8. The number of alkyl halides is 1. The molecule has 5 N–H and O–H groups in total. The van der Waals surface area contributed by atoms with Crippen LogP contribution >= 0.6 is 11.6 Å². The molecule has 0 aliphatic carbocycles. The van der Waals surface area contributed by atoms with E-state index < -0.39 is 0 Å². The maximum absolute atomic E-state index is 13.0. The third kappa shape index (κ3) is 4.30. The zero-order valence-electron chi connectivity index (χ0n) is 19.0. The number of hydrogen-bond acceptors (Lipinski definition) is 3. The highest BCUT2D eigenvalue weighted by Crippen LogP contribution is 2.27. The van der Waals surface area contributed by atoms with Crippen LogP contribution in [-0.4, -0.2) is 39.6 Å². The van der Waals surface area contributed by atoms with Crippen LogP contribution in [0.15, 0.2) is 72.5 Å². The predicted octanol–water partition coefficient (Wildman–Crippen LogP) is 5.64. The van der Waals surface area contributed by atoms with Crippen molar-refractivity contribution in [2.75, 3.05) is 24.0 Å². The molecule has 34 heavy (non-hydrogen) atoms. The smallest absolute Gasteiger partial charge is 0.274 e. The Kier molecular flexibility index (Phi) is 6.47. The Morgan fingerprint density at radius 3 is 2.41 bits per heavy atom. The number of carbonyl (C=O) groups excluding carboxylic acids is 2. The molecule has 2 aromatic heterocycles. The first kappa shape index (κ1) is 23.2. The molecule has 1 aliphatic heterocycles. The number of hydrogen-bond donors (Lipinski definition) is 4. The van der Waals surface area contributed by atoms with E-state index in [1.165, 1.54) is 6.38 Å². The molecule has 0 unspecified atom stereocenters. The first-order chi connectivity index (χ1) is 16.4. The summed E-state index contributed by atoms with van der Waals surface area (Å²) in [4.78, 5) is 33.8. The molecule has 0 saturated carbocycles. The molecular weight excluding hydrogens is 450 g/mol. The molecule has 1 aliphatic rings. The van der Waals surface area contributed by atoms with Gasteiger partial charge in [0.25, 0.3) is 11.8 Å². The van der Waals surface area contributed by atoms with Crippen molar-refractivity contribution in [3.63, 3.8) is 0 Å². The highest BCUT2D eigenvalue weighted by atomic mass is 35.5. The molecule has 5 rings (SSSR count). The fourth-order valence-electron chi connectivity index (χ4n) is 4.20. The predicted molar refractivity (Wildman–Crippen MR) is 139 cm³/mol. The summed E-state index contributed by atoms with van der Waals surface area (Å²) >= 11 is 4.64. The van der Waals surface area contributed by atoms with Gasteiger partial charge in [-0.15, -0.1) is 11.6 Å². The van der Waals surface area contributed by atoms with E-state index in [1.807, 2.05) is 37.3 Å². The molecule has 0 fully saturated rings. The number of aromatic nitrogens is 2. The van der Waals surface area contributed by atoms with E-state index in [1.54, 1.807) is 29.2 Å². The van der Waals surface area contributed by atoms with Crippen LogP contribution in [-0.2, 0) is 0 Å². The normalized spacial score (nSPS) is 13.2. The zero-order valence-corrected chi connectivity index (χ0v) is 19.8. The Morgan fingerprint density at radius 1 is 1.03 bits per heavy atom. The van der Waals surface area contributed by atoms with Crippen LogP contribution in [0, 0.1) is 0 Å². The molecule has 2 aromatic carbocycles. The van der Waals surface area contributed by atoms with Crippen molar-refractivity contribution in [1.29, 1.82) is 0 Å². The summed E-state index contributed by atoms with van der Waals surface area (Å²) in [6.45, 7) is 6.51. The third-order valence-corrected chi connectivity index (χ3v) is 5.88. The topological polar surface area (TPSA) is 107 Å². The number of anilines is 2. The number of amides is 2. The van der Waals surface area contributed by atoms with Gasteiger partial charge in [0.2, 0.25) is 0 Å². The largest absolute Gasteiger partial charge is 0.399 e. The van der Waals surface area contributed by atoms with Crippen LogP contribution in [0.1, 0.15) is 34.3 Å². The van der Waals surface area contributed by atoms with Crippen LogP contribution in [0.25, 0.3) is 21.8 Å². The Hall–Kier alpha value is -3.97. The highest BCUT2D eigenvalue weighted by molar-refractivity contribution is 6.15. The molecule has 2 amide bonds. The lowest BCUT2D eigenvalue weighted by Crippen LogP contribution is -2.27. The van der Waals surface area contributed by atoms with E-state index >= 15 is 0 Å². The third-order valence-electron chi connectivity index (χ3n) is 5.88. The van der Waals surface area contributed by atoms with Gasteiger partial charge < -0.3 is 25.9 Å². The minimum atomic E-state index is -0.251. The summed E-state index contributed by atoms with van der Waals surface area (Å²) in [6, 6.07) is 14.6. The molecule has 7 nitrogen and oxygen atoms in total. The van der Waals surface area contributed by atoms with Crippen molar-refractivity contribution in [1.82, 2.24) is 14.9 Å². The van der Waals surface area contributed by atoms with Crippen LogP contribution < -0.4 is 11.1 Å². The minimum Gasteiger partial charge on any atom is -0.399 e. The van der Waals surface area contributed by atoms with Crippen molar-refractivity contribution < 1.29 is 9.59 Å². The van der Waals surface area contributed by atoms with Gasteiger partial charge in [-0.05, 0) is 73.5 Å². The number of benzene rings is 2. The molecule has 174 valence electrons. The molecule has 0 radical (unpaired) electrons. The number of nitrogens with one attached hydrogen (secondary N) is 3. The van der Waals surface area contributed by atoms with Crippen molar-refractivity contribution in [2.24, 2.45) is 0 Å². The summed E-state index contributed by atoms with van der Waals surface area (Å²) in [5.74, 6) is -0.338. The van der Waals surface area contributed by atoms with Crippen LogP contribution in [0.2, 0.25) is 0 Å². The number of fused-ring (bicyclic) bond motifs is 2. The maximum atomic E-state index is 13.0. The second-order valence-corrected chi connectivity index (χ2v) is 8.05. The number of halogens is 1. The number of allylic oxidation sites excluding steroid dienone is 1. The average molecular weight is 476 g/mol. The van der Waals surface area contributed by atoms with Crippen LogP contribution in [0.4, 0.5) is 11.4 Å². The summed E-state index contributed by atoms with van der Waals surface area (Å²) < 4.78 is 0. The molecule has 0 spiro atoms. The van der Waals surface area contributed by atoms with Gasteiger partial charge in [-0.25, -0.2) is 0 Å². The van der Waals surface area contributed by atoms with Gasteiger partial charge >= 0.3 is 0 Å².